The van der Waals surface area contributed by atoms with Gasteiger partial charge in [-0.15, -0.1) is 10.2 Å². The van der Waals surface area contributed by atoms with Gasteiger partial charge >= 0.3 is 0 Å². The minimum absolute atomic E-state index is 0.106. The number of hydrogen-bond donors (Lipinski definition) is 2. The number of aryl methyl sites for hydroxylation is 1. The predicted octanol–water partition coefficient (Wildman–Crippen LogP) is 1.59. The zero-order valence-corrected chi connectivity index (χ0v) is 10.9. The lowest BCUT2D eigenvalue weighted by Gasteiger charge is -2.08. The number of anilines is 1. The quantitative estimate of drug-likeness (QED) is 0.853. The molecule has 6 nitrogen and oxygen atoms in total. The molecule has 6 heteroatoms. The largest absolute Gasteiger partial charge is 0.421 e. The van der Waals surface area contributed by atoms with Gasteiger partial charge in [0.1, 0.15) is 0 Å². The Labute approximate surface area is 111 Å². The number of aromatic nitrogens is 2. The SMILES string of the molecule is CCNCC(=O)Nc1ccccc1-c1nnc(C)o1. The van der Waals surface area contributed by atoms with Crippen molar-refractivity contribution in [2.24, 2.45) is 0 Å². The molecule has 19 heavy (non-hydrogen) atoms. The summed E-state index contributed by atoms with van der Waals surface area (Å²) in [4.78, 5) is 11.7. The first-order valence-corrected chi connectivity index (χ1v) is 6.10. The van der Waals surface area contributed by atoms with Gasteiger partial charge in [0.15, 0.2) is 0 Å². The number of amides is 1. The lowest BCUT2D eigenvalue weighted by molar-refractivity contribution is -0.115. The molecule has 0 saturated heterocycles. The summed E-state index contributed by atoms with van der Waals surface area (Å²) in [6, 6.07) is 7.33. The first kappa shape index (κ1) is 13.2. The van der Waals surface area contributed by atoms with Crippen LogP contribution in [0.15, 0.2) is 28.7 Å². The van der Waals surface area contributed by atoms with Crippen molar-refractivity contribution in [3.8, 4) is 11.5 Å². The molecule has 2 aromatic rings. The molecule has 1 aromatic heterocycles. The fraction of sp³-hybridized carbons (Fsp3) is 0.308. The van der Waals surface area contributed by atoms with Gasteiger partial charge in [-0.2, -0.15) is 0 Å². The van der Waals surface area contributed by atoms with Crippen molar-refractivity contribution in [1.29, 1.82) is 0 Å². The Kier molecular flexibility index (Phi) is 4.25. The van der Waals surface area contributed by atoms with Crippen molar-refractivity contribution in [2.75, 3.05) is 18.4 Å². The molecule has 0 aliphatic rings. The third kappa shape index (κ3) is 3.38. The topological polar surface area (TPSA) is 80.0 Å². The highest BCUT2D eigenvalue weighted by Gasteiger charge is 2.12. The van der Waals surface area contributed by atoms with Crippen LogP contribution in [0, 0.1) is 6.92 Å². The van der Waals surface area contributed by atoms with Gasteiger partial charge in [-0.05, 0) is 18.7 Å². The lowest BCUT2D eigenvalue weighted by Crippen LogP contribution is -2.27. The zero-order valence-electron chi connectivity index (χ0n) is 10.9. The van der Waals surface area contributed by atoms with Gasteiger partial charge in [0, 0.05) is 6.92 Å². The first-order valence-electron chi connectivity index (χ1n) is 6.10. The Balaban J connectivity index is 2.19. The number of rotatable bonds is 5. The van der Waals surface area contributed by atoms with Crippen LogP contribution in [0.1, 0.15) is 12.8 Å². The normalized spacial score (nSPS) is 10.4. The molecule has 1 amide bonds. The minimum Gasteiger partial charge on any atom is -0.421 e. The predicted molar refractivity (Wildman–Crippen MR) is 71.6 cm³/mol. The van der Waals surface area contributed by atoms with Crippen molar-refractivity contribution in [3.05, 3.63) is 30.2 Å². The number of carbonyl (C=O) groups is 1. The van der Waals surface area contributed by atoms with Gasteiger partial charge in [0.2, 0.25) is 17.7 Å². The number of nitrogens with zero attached hydrogens (tertiary/aromatic N) is 2. The summed E-state index contributed by atoms with van der Waals surface area (Å²) in [5.74, 6) is 0.783. The van der Waals surface area contributed by atoms with Gasteiger partial charge < -0.3 is 15.1 Å². The second-order valence-electron chi connectivity index (χ2n) is 4.00. The smallest absolute Gasteiger partial charge is 0.249 e. The van der Waals surface area contributed by atoms with Crippen LogP contribution in [0.5, 0.6) is 0 Å². The molecule has 0 radical (unpaired) electrons. The van der Waals surface area contributed by atoms with E-state index < -0.39 is 0 Å². The fourth-order valence-electron chi connectivity index (χ4n) is 1.62. The number of nitrogens with one attached hydrogen (secondary N) is 2. The van der Waals surface area contributed by atoms with Crippen molar-refractivity contribution in [2.45, 2.75) is 13.8 Å². The summed E-state index contributed by atoms with van der Waals surface area (Å²) in [6.45, 7) is 4.69. The Bertz CT molecular complexity index is 565. The van der Waals surface area contributed by atoms with E-state index >= 15 is 0 Å². The van der Waals surface area contributed by atoms with Gasteiger partial charge in [-0.1, -0.05) is 19.1 Å². The summed E-state index contributed by atoms with van der Waals surface area (Å²) in [7, 11) is 0. The van der Waals surface area contributed by atoms with Gasteiger partial charge in [-0.3, -0.25) is 4.79 Å². The van der Waals surface area contributed by atoms with E-state index in [4.69, 9.17) is 4.42 Å². The third-order valence-corrected chi connectivity index (χ3v) is 2.49. The van der Waals surface area contributed by atoms with Gasteiger partial charge in [-0.25, -0.2) is 0 Å². The average Bonchev–Trinajstić information content (AvgIpc) is 2.83. The molecule has 2 N–H and O–H groups in total. The van der Waals surface area contributed by atoms with Crippen molar-refractivity contribution in [1.82, 2.24) is 15.5 Å². The maximum absolute atomic E-state index is 11.7. The maximum Gasteiger partial charge on any atom is 0.249 e. The summed E-state index contributed by atoms with van der Waals surface area (Å²) in [5.41, 5.74) is 1.38. The standard InChI is InChI=1S/C13H16N4O2/c1-3-14-8-12(18)15-11-7-5-4-6-10(11)13-17-16-9(2)19-13/h4-7,14H,3,8H2,1-2H3,(H,15,18). The summed E-state index contributed by atoms with van der Waals surface area (Å²) in [5, 5.41) is 13.5. The molecule has 0 spiro atoms. The van der Waals surface area contributed by atoms with E-state index in [2.05, 4.69) is 20.8 Å². The molecule has 1 aromatic carbocycles. The van der Waals surface area contributed by atoms with E-state index in [-0.39, 0.29) is 12.5 Å². The Morgan fingerprint density at radius 2 is 2.11 bits per heavy atom. The van der Waals surface area contributed by atoms with E-state index in [0.717, 1.165) is 6.54 Å². The van der Waals surface area contributed by atoms with Crippen LogP contribution in [0.3, 0.4) is 0 Å². The summed E-state index contributed by atoms with van der Waals surface area (Å²) >= 11 is 0. The Hall–Kier alpha value is -2.21. The van der Waals surface area contributed by atoms with Crippen LogP contribution in [-0.2, 0) is 4.79 Å². The van der Waals surface area contributed by atoms with Crippen LogP contribution in [-0.4, -0.2) is 29.2 Å². The number of benzene rings is 1. The molecule has 0 aliphatic heterocycles. The summed E-state index contributed by atoms with van der Waals surface area (Å²) in [6.07, 6.45) is 0. The fourth-order valence-corrected chi connectivity index (χ4v) is 1.62. The Morgan fingerprint density at radius 3 is 2.79 bits per heavy atom. The van der Waals surface area contributed by atoms with Crippen molar-refractivity contribution < 1.29 is 9.21 Å². The number of hydrogen-bond acceptors (Lipinski definition) is 5. The van der Waals surface area contributed by atoms with E-state index in [0.29, 0.717) is 23.0 Å². The second-order valence-corrected chi connectivity index (χ2v) is 4.00. The molecule has 2 rings (SSSR count). The lowest BCUT2D eigenvalue weighted by atomic mass is 10.2. The van der Waals surface area contributed by atoms with E-state index in [1.807, 2.05) is 25.1 Å². The van der Waals surface area contributed by atoms with E-state index in [9.17, 15) is 4.79 Å². The van der Waals surface area contributed by atoms with E-state index in [1.165, 1.54) is 0 Å². The molecule has 0 bridgehead atoms. The summed E-state index contributed by atoms with van der Waals surface area (Å²) < 4.78 is 5.38. The second kappa shape index (κ2) is 6.10. The molecular weight excluding hydrogens is 244 g/mol. The average molecular weight is 260 g/mol. The maximum atomic E-state index is 11.7. The molecule has 0 atom stereocenters. The highest BCUT2D eigenvalue weighted by atomic mass is 16.4. The third-order valence-electron chi connectivity index (χ3n) is 2.49. The molecule has 1 heterocycles. The van der Waals surface area contributed by atoms with E-state index in [1.54, 1.807) is 13.0 Å². The van der Waals surface area contributed by atoms with Crippen LogP contribution >= 0.6 is 0 Å². The monoisotopic (exact) mass is 260 g/mol. The Morgan fingerprint density at radius 1 is 1.32 bits per heavy atom. The van der Waals surface area contributed by atoms with Crippen molar-refractivity contribution in [3.63, 3.8) is 0 Å². The molecular formula is C13H16N4O2. The number of carbonyl (C=O) groups excluding carboxylic acids is 1. The molecule has 0 fully saturated rings. The highest BCUT2D eigenvalue weighted by Crippen LogP contribution is 2.26. The molecule has 0 unspecified atom stereocenters. The minimum atomic E-state index is -0.106. The van der Waals surface area contributed by atoms with Crippen LogP contribution in [0.2, 0.25) is 0 Å². The molecule has 0 saturated carbocycles. The van der Waals surface area contributed by atoms with Crippen molar-refractivity contribution >= 4 is 11.6 Å². The molecule has 100 valence electrons. The number of likely N-dealkylation sites (N-methyl/N-ethyl adjacent to an activating group) is 1. The molecule has 0 aliphatic carbocycles. The van der Waals surface area contributed by atoms with Crippen LogP contribution < -0.4 is 10.6 Å². The first-order chi connectivity index (χ1) is 9.20. The van der Waals surface area contributed by atoms with Gasteiger partial charge in [0.25, 0.3) is 0 Å². The van der Waals surface area contributed by atoms with Gasteiger partial charge in [0.05, 0.1) is 17.8 Å². The van der Waals surface area contributed by atoms with Crippen LogP contribution in [0.25, 0.3) is 11.5 Å². The zero-order chi connectivity index (χ0) is 13.7. The highest BCUT2D eigenvalue weighted by molar-refractivity contribution is 5.95. The number of para-hydroxylation sites is 1. The van der Waals surface area contributed by atoms with Crippen LogP contribution in [0.4, 0.5) is 5.69 Å².